The minimum Gasteiger partial charge on any atom is -0.493 e. The molecule has 0 spiro atoms. The Hall–Kier alpha value is -2.24. The fourth-order valence-electron chi connectivity index (χ4n) is 3.27. The number of ether oxygens (including phenoxy) is 2. The Kier molecular flexibility index (Phi) is 7.72. The highest BCUT2D eigenvalue weighted by atomic mass is 16.6. The van der Waals surface area contributed by atoms with Crippen molar-refractivity contribution < 1.29 is 19.1 Å². The van der Waals surface area contributed by atoms with Crippen LogP contribution in [0.25, 0.3) is 0 Å². The maximum atomic E-state index is 12.2. The van der Waals surface area contributed by atoms with E-state index in [9.17, 15) is 9.59 Å². The highest BCUT2D eigenvalue weighted by Gasteiger charge is 2.27. The number of aryl methyl sites for hydroxylation is 2. The molecule has 6 heteroatoms. The van der Waals surface area contributed by atoms with Gasteiger partial charge in [-0.25, -0.2) is 4.79 Å². The minimum absolute atomic E-state index is 0.0424. The van der Waals surface area contributed by atoms with Gasteiger partial charge >= 0.3 is 6.09 Å². The molecule has 0 bridgehead atoms. The van der Waals surface area contributed by atoms with Gasteiger partial charge in [-0.1, -0.05) is 18.2 Å². The number of hydrogen-bond acceptors (Lipinski definition) is 4. The van der Waals surface area contributed by atoms with E-state index in [2.05, 4.69) is 5.32 Å². The highest BCUT2D eigenvalue weighted by Crippen LogP contribution is 2.22. The maximum absolute atomic E-state index is 12.2. The Morgan fingerprint density at radius 1 is 1.14 bits per heavy atom. The van der Waals surface area contributed by atoms with Crippen molar-refractivity contribution in [3.05, 3.63) is 29.3 Å². The molecule has 1 aliphatic rings. The summed E-state index contributed by atoms with van der Waals surface area (Å²) in [6.07, 6.45) is 2.35. The van der Waals surface area contributed by atoms with Gasteiger partial charge in [-0.15, -0.1) is 0 Å². The van der Waals surface area contributed by atoms with Gasteiger partial charge in [-0.3, -0.25) is 4.79 Å². The van der Waals surface area contributed by atoms with Crippen LogP contribution >= 0.6 is 0 Å². The van der Waals surface area contributed by atoms with Crippen LogP contribution in [0.3, 0.4) is 0 Å². The fourth-order valence-corrected chi connectivity index (χ4v) is 3.27. The van der Waals surface area contributed by atoms with Crippen LogP contribution in [0.15, 0.2) is 18.2 Å². The zero-order chi connectivity index (χ0) is 20.7. The number of benzene rings is 1. The standard InChI is InChI=1S/C22H34N2O4/c1-16-8-6-9-17(2)20(16)27-15-7-10-19(25)23-18-11-13-24(14-12-18)21(26)28-22(3,4)5/h6,8-9,18H,7,10-15H2,1-5H3,(H,23,25). The zero-order valence-electron chi connectivity index (χ0n) is 17.8. The summed E-state index contributed by atoms with van der Waals surface area (Å²) in [7, 11) is 0. The molecule has 0 atom stereocenters. The van der Waals surface area contributed by atoms with Gasteiger partial charge in [0.05, 0.1) is 6.61 Å². The number of piperidine rings is 1. The lowest BCUT2D eigenvalue weighted by molar-refractivity contribution is -0.122. The van der Waals surface area contributed by atoms with Crippen molar-refractivity contribution in [3.63, 3.8) is 0 Å². The number of amides is 2. The minimum atomic E-state index is -0.485. The molecule has 1 aromatic carbocycles. The molecule has 0 radical (unpaired) electrons. The number of rotatable bonds is 6. The smallest absolute Gasteiger partial charge is 0.410 e. The van der Waals surface area contributed by atoms with Gasteiger partial charge in [0, 0.05) is 25.6 Å². The first-order valence-electron chi connectivity index (χ1n) is 10.1. The number of nitrogens with one attached hydrogen (secondary N) is 1. The van der Waals surface area contributed by atoms with Gasteiger partial charge in [-0.2, -0.15) is 0 Å². The SMILES string of the molecule is Cc1cccc(C)c1OCCCC(=O)NC1CCN(C(=O)OC(C)(C)C)CC1. The molecule has 0 unspecified atom stereocenters. The van der Waals surface area contributed by atoms with Gasteiger partial charge in [0.15, 0.2) is 0 Å². The van der Waals surface area contributed by atoms with Crippen LogP contribution in [0.1, 0.15) is 57.6 Å². The summed E-state index contributed by atoms with van der Waals surface area (Å²) in [6.45, 7) is 11.4. The molecule has 1 aliphatic heterocycles. The van der Waals surface area contributed by atoms with E-state index in [1.54, 1.807) is 4.90 Å². The van der Waals surface area contributed by atoms with E-state index in [0.717, 1.165) is 29.7 Å². The second-order valence-corrected chi connectivity index (χ2v) is 8.48. The number of nitrogens with zero attached hydrogens (tertiary/aromatic N) is 1. The summed E-state index contributed by atoms with van der Waals surface area (Å²) < 4.78 is 11.2. The van der Waals surface area contributed by atoms with E-state index < -0.39 is 5.60 Å². The van der Waals surface area contributed by atoms with E-state index in [0.29, 0.717) is 32.5 Å². The summed E-state index contributed by atoms with van der Waals surface area (Å²) in [4.78, 5) is 26.0. The summed E-state index contributed by atoms with van der Waals surface area (Å²) in [6, 6.07) is 6.18. The molecule has 1 saturated heterocycles. The third kappa shape index (κ3) is 7.06. The van der Waals surface area contributed by atoms with Crippen molar-refractivity contribution in [2.45, 2.75) is 71.9 Å². The van der Waals surface area contributed by atoms with Crippen LogP contribution < -0.4 is 10.1 Å². The monoisotopic (exact) mass is 390 g/mol. The Morgan fingerprint density at radius 2 is 1.75 bits per heavy atom. The van der Waals surface area contributed by atoms with Crippen LogP contribution in [-0.4, -0.2) is 48.2 Å². The van der Waals surface area contributed by atoms with Crippen LogP contribution in [0.4, 0.5) is 4.79 Å². The molecule has 6 nitrogen and oxygen atoms in total. The van der Waals surface area contributed by atoms with Crippen molar-refractivity contribution in [1.29, 1.82) is 0 Å². The highest BCUT2D eigenvalue weighted by molar-refractivity contribution is 5.76. The molecule has 0 saturated carbocycles. The zero-order valence-corrected chi connectivity index (χ0v) is 17.8. The Labute approximate surface area is 168 Å². The predicted octanol–water partition coefficient (Wildman–Crippen LogP) is 3.98. The predicted molar refractivity (Wildman–Crippen MR) is 110 cm³/mol. The van der Waals surface area contributed by atoms with Crippen molar-refractivity contribution in [2.24, 2.45) is 0 Å². The molecule has 2 amide bonds. The van der Waals surface area contributed by atoms with E-state index in [1.165, 1.54) is 0 Å². The topological polar surface area (TPSA) is 67.9 Å². The largest absolute Gasteiger partial charge is 0.493 e. The normalized spacial score (nSPS) is 15.2. The number of carbonyl (C=O) groups excluding carboxylic acids is 2. The fraction of sp³-hybridized carbons (Fsp3) is 0.636. The van der Waals surface area contributed by atoms with E-state index in [4.69, 9.17) is 9.47 Å². The first-order chi connectivity index (χ1) is 13.2. The molecule has 0 aromatic heterocycles. The van der Waals surface area contributed by atoms with Crippen LogP contribution in [0.5, 0.6) is 5.75 Å². The summed E-state index contributed by atoms with van der Waals surface area (Å²) in [5.41, 5.74) is 1.74. The third-order valence-electron chi connectivity index (χ3n) is 4.72. The maximum Gasteiger partial charge on any atom is 0.410 e. The van der Waals surface area contributed by atoms with Crippen molar-refractivity contribution >= 4 is 12.0 Å². The molecular formula is C22H34N2O4. The molecule has 1 heterocycles. The van der Waals surface area contributed by atoms with Gasteiger partial charge in [-0.05, 0) is 65.0 Å². The van der Waals surface area contributed by atoms with Crippen molar-refractivity contribution in [3.8, 4) is 5.75 Å². The number of carbonyl (C=O) groups is 2. The van der Waals surface area contributed by atoms with Crippen LogP contribution in [0.2, 0.25) is 0 Å². The Bertz CT molecular complexity index is 653. The molecule has 1 N–H and O–H groups in total. The van der Waals surface area contributed by atoms with Crippen LogP contribution in [-0.2, 0) is 9.53 Å². The number of para-hydroxylation sites is 1. The van der Waals surface area contributed by atoms with Crippen molar-refractivity contribution in [1.82, 2.24) is 10.2 Å². The molecule has 1 fully saturated rings. The van der Waals surface area contributed by atoms with Gasteiger partial charge in [0.2, 0.25) is 5.91 Å². The average Bonchev–Trinajstić information content (AvgIpc) is 2.60. The van der Waals surface area contributed by atoms with Gasteiger partial charge < -0.3 is 19.7 Å². The summed E-state index contributed by atoms with van der Waals surface area (Å²) in [5.74, 6) is 0.957. The third-order valence-corrected chi connectivity index (χ3v) is 4.72. The first-order valence-corrected chi connectivity index (χ1v) is 10.1. The number of hydrogen-bond donors (Lipinski definition) is 1. The summed E-state index contributed by atoms with van der Waals surface area (Å²) >= 11 is 0. The van der Waals surface area contributed by atoms with E-state index in [1.807, 2.05) is 52.8 Å². The average molecular weight is 391 g/mol. The molecular weight excluding hydrogens is 356 g/mol. The molecule has 0 aliphatic carbocycles. The molecule has 2 rings (SSSR count). The molecule has 156 valence electrons. The molecule has 1 aromatic rings. The second kappa shape index (κ2) is 9.80. The Morgan fingerprint density at radius 3 is 2.32 bits per heavy atom. The van der Waals surface area contributed by atoms with E-state index in [-0.39, 0.29) is 18.0 Å². The second-order valence-electron chi connectivity index (χ2n) is 8.48. The lowest BCUT2D eigenvalue weighted by Crippen LogP contribution is -2.47. The summed E-state index contributed by atoms with van der Waals surface area (Å²) in [5, 5.41) is 3.07. The first kappa shape index (κ1) is 22.1. The molecule has 28 heavy (non-hydrogen) atoms. The lowest BCUT2D eigenvalue weighted by atomic mass is 10.1. The quantitative estimate of drug-likeness (QED) is 0.746. The van der Waals surface area contributed by atoms with E-state index >= 15 is 0 Å². The Balaban J connectivity index is 1.64. The number of likely N-dealkylation sites (tertiary alicyclic amines) is 1. The van der Waals surface area contributed by atoms with Crippen LogP contribution in [0, 0.1) is 13.8 Å². The van der Waals surface area contributed by atoms with Gasteiger partial charge in [0.1, 0.15) is 11.4 Å². The van der Waals surface area contributed by atoms with Gasteiger partial charge in [0.25, 0.3) is 0 Å². The lowest BCUT2D eigenvalue weighted by Gasteiger charge is -2.33. The van der Waals surface area contributed by atoms with Crippen molar-refractivity contribution in [2.75, 3.05) is 19.7 Å².